The number of thiazole rings is 1. The van der Waals surface area contributed by atoms with Crippen molar-refractivity contribution in [1.29, 1.82) is 0 Å². The lowest BCUT2D eigenvalue weighted by molar-refractivity contribution is 0.829. The van der Waals surface area contributed by atoms with Gasteiger partial charge in [-0.15, -0.1) is 11.3 Å². The quantitative estimate of drug-likeness (QED) is 0.684. The fraction of sp³-hybridized carbons (Fsp3) is 0.500. The fourth-order valence-electron chi connectivity index (χ4n) is 0.679. The Hall–Kier alpha value is -0.610. The van der Waals surface area contributed by atoms with Gasteiger partial charge in [-0.25, -0.2) is 4.98 Å². The summed E-state index contributed by atoms with van der Waals surface area (Å²) in [6.07, 6.45) is 1.88. The Balaban J connectivity index is 2.59. The smallest absolute Gasteiger partial charge is 0.182 e. The topological polar surface area (TPSA) is 37.0 Å². The largest absolute Gasteiger partial charge is 0.365 e. The van der Waals surface area contributed by atoms with E-state index in [1.54, 1.807) is 11.3 Å². The van der Waals surface area contributed by atoms with E-state index in [-0.39, 0.29) is 0 Å². The van der Waals surface area contributed by atoms with Gasteiger partial charge in [0.2, 0.25) is 0 Å². The minimum absolute atomic E-state index is 0.902. The maximum atomic E-state index is 4.12. The van der Waals surface area contributed by atoms with E-state index in [9.17, 15) is 0 Å². The molecule has 1 heterocycles. The molecule has 0 aliphatic heterocycles. The van der Waals surface area contributed by atoms with Gasteiger partial charge in [-0.2, -0.15) is 0 Å². The molecule has 4 heteroatoms. The highest BCUT2D eigenvalue weighted by molar-refractivity contribution is 7.15. The van der Waals surface area contributed by atoms with E-state index in [1.165, 1.54) is 4.88 Å². The molecule has 10 heavy (non-hydrogen) atoms. The average molecular weight is 157 g/mol. The Morgan fingerprint density at radius 3 is 2.90 bits per heavy atom. The Labute approximate surface area is 64.5 Å². The molecule has 0 aliphatic rings. The second-order valence-electron chi connectivity index (χ2n) is 1.91. The number of hydrogen-bond donors (Lipinski definition) is 2. The van der Waals surface area contributed by atoms with Crippen LogP contribution in [-0.4, -0.2) is 19.1 Å². The third-order valence-corrected chi connectivity index (χ3v) is 2.13. The Morgan fingerprint density at radius 1 is 1.60 bits per heavy atom. The summed E-state index contributed by atoms with van der Waals surface area (Å²) in [4.78, 5) is 5.38. The van der Waals surface area contributed by atoms with Gasteiger partial charge >= 0.3 is 0 Å². The summed E-state index contributed by atoms with van der Waals surface area (Å²) in [6.45, 7) is 0.902. The van der Waals surface area contributed by atoms with Gasteiger partial charge in [-0.3, -0.25) is 0 Å². The zero-order chi connectivity index (χ0) is 7.40. The molecule has 0 aliphatic carbocycles. The van der Waals surface area contributed by atoms with Crippen LogP contribution >= 0.6 is 11.3 Å². The van der Waals surface area contributed by atoms with Crippen molar-refractivity contribution in [2.75, 3.05) is 19.4 Å². The van der Waals surface area contributed by atoms with E-state index in [2.05, 4.69) is 15.6 Å². The van der Waals surface area contributed by atoms with Crippen LogP contribution < -0.4 is 10.6 Å². The van der Waals surface area contributed by atoms with Gasteiger partial charge in [0.1, 0.15) is 0 Å². The van der Waals surface area contributed by atoms with Gasteiger partial charge in [-0.05, 0) is 7.05 Å². The molecule has 56 valence electrons. The molecule has 0 bridgehead atoms. The Bertz CT molecular complexity index is 197. The van der Waals surface area contributed by atoms with Crippen molar-refractivity contribution in [3.63, 3.8) is 0 Å². The number of nitrogens with zero attached hydrogens (tertiary/aromatic N) is 1. The second kappa shape index (κ2) is 3.53. The minimum atomic E-state index is 0.902. The molecule has 1 aromatic rings. The van der Waals surface area contributed by atoms with Crippen LogP contribution in [0.1, 0.15) is 4.88 Å². The standard InChI is InChI=1S/C6H11N3S/c1-7-3-5-4-9-6(8-2)10-5/h4,7H,3H2,1-2H3,(H,8,9). The van der Waals surface area contributed by atoms with Gasteiger partial charge in [-0.1, -0.05) is 0 Å². The fourth-order valence-corrected chi connectivity index (χ4v) is 1.46. The molecular weight excluding hydrogens is 146 g/mol. The number of rotatable bonds is 3. The molecule has 0 amide bonds. The molecule has 1 rings (SSSR count). The van der Waals surface area contributed by atoms with E-state index in [4.69, 9.17) is 0 Å². The van der Waals surface area contributed by atoms with E-state index in [0.29, 0.717) is 0 Å². The molecule has 0 atom stereocenters. The predicted molar refractivity (Wildman–Crippen MR) is 44.4 cm³/mol. The van der Waals surface area contributed by atoms with Gasteiger partial charge in [0.25, 0.3) is 0 Å². The highest BCUT2D eigenvalue weighted by Crippen LogP contribution is 2.16. The van der Waals surface area contributed by atoms with Crippen LogP contribution in [-0.2, 0) is 6.54 Å². The van der Waals surface area contributed by atoms with Crippen molar-refractivity contribution in [3.05, 3.63) is 11.1 Å². The zero-order valence-corrected chi connectivity index (χ0v) is 6.96. The lowest BCUT2D eigenvalue weighted by Gasteiger charge is -1.90. The molecule has 0 unspecified atom stereocenters. The summed E-state index contributed by atoms with van der Waals surface area (Å²) in [5.41, 5.74) is 0. The van der Waals surface area contributed by atoms with Crippen LogP contribution in [0.3, 0.4) is 0 Å². The Kier molecular flexibility index (Phi) is 2.65. The first-order valence-corrected chi connectivity index (χ1v) is 3.95. The molecule has 0 spiro atoms. The van der Waals surface area contributed by atoms with E-state index >= 15 is 0 Å². The highest BCUT2D eigenvalue weighted by Gasteiger charge is 1.96. The summed E-state index contributed by atoms with van der Waals surface area (Å²) < 4.78 is 0. The summed E-state index contributed by atoms with van der Waals surface area (Å²) in [5, 5.41) is 7.03. The van der Waals surface area contributed by atoms with Crippen molar-refractivity contribution < 1.29 is 0 Å². The number of anilines is 1. The first-order chi connectivity index (χ1) is 4.86. The van der Waals surface area contributed by atoms with Crippen molar-refractivity contribution in [2.24, 2.45) is 0 Å². The predicted octanol–water partition coefficient (Wildman–Crippen LogP) is 0.904. The van der Waals surface area contributed by atoms with Gasteiger partial charge in [0, 0.05) is 24.7 Å². The van der Waals surface area contributed by atoms with Gasteiger partial charge in [0.15, 0.2) is 5.13 Å². The molecule has 0 fully saturated rings. The van der Waals surface area contributed by atoms with Crippen LogP contribution in [0.5, 0.6) is 0 Å². The number of hydrogen-bond acceptors (Lipinski definition) is 4. The summed E-state index contributed by atoms with van der Waals surface area (Å²) >= 11 is 1.67. The van der Waals surface area contributed by atoms with Crippen molar-refractivity contribution >= 4 is 16.5 Å². The minimum Gasteiger partial charge on any atom is -0.365 e. The van der Waals surface area contributed by atoms with E-state index < -0.39 is 0 Å². The molecule has 0 saturated carbocycles. The molecular formula is C6H11N3S. The van der Waals surface area contributed by atoms with Gasteiger partial charge < -0.3 is 10.6 Å². The van der Waals surface area contributed by atoms with E-state index in [0.717, 1.165) is 11.7 Å². The monoisotopic (exact) mass is 157 g/mol. The maximum Gasteiger partial charge on any atom is 0.182 e. The van der Waals surface area contributed by atoms with Crippen LogP contribution in [0.4, 0.5) is 5.13 Å². The third-order valence-electron chi connectivity index (χ3n) is 1.12. The summed E-state index contributed by atoms with van der Waals surface area (Å²) in [7, 11) is 3.81. The summed E-state index contributed by atoms with van der Waals surface area (Å²) in [5.74, 6) is 0. The summed E-state index contributed by atoms with van der Waals surface area (Å²) in [6, 6.07) is 0. The van der Waals surface area contributed by atoms with Gasteiger partial charge in [0.05, 0.1) is 0 Å². The van der Waals surface area contributed by atoms with E-state index in [1.807, 2.05) is 20.3 Å². The lowest BCUT2D eigenvalue weighted by atomic mass is 10.5. The molecule has 1 aromatic heterocycles. The van der Waals surface area contributed by atoms with Crippen molar-refractivity contribution in [2.45, 2.75) is 6.54 Å². The van der Waals surface area contributed by atoms with Crippen LogP contribution in [0.25, 0.3) is 0 Å². The first-order valence-electron chi connectivity index (χ1n) is 3.14. The second-order valence-corrected chi connectivity index (χ2v) is 3.03. The lowest BCUT2D eigenvalue weighted by Crippen LogP contribution is -2.02. The Morgan fingerprint density at radius 2 is 2.40 bits per heavy atom. The molecule has 3 nitrogen and oxygen atoms in total. The molecule has 0 aromatic carbocycles. The first kappa shape index (κ1) is 7.50. The average Bonchev–Trinajstić information content (AvgIpc) is 2.37. The molecule has 0 radical (unpaired) electrons. The SMILES string of the molecule is CNCc1cnc(NC)s1. The normalized spacial score (nSPS) is 9.80. The maximum absolute atomic E-state index is 4.12. The third kappa shape index (κ3) is 1.68. The number of aromatic nitrogens is 1. The number of nitrogens with one attached hydrogen (secondary N) is 2. The zero-order valence-electron chi connectivity index (χ0n) is 6.14. The van der Waals surface area contributed by atoms with Crippen LogP contribution in [0, 0.1) is 0 Å². The van der Waals surface area contributed by atoms with Crippen LogP contribution in [0.2, 0.25) is 0 Å². The molecule has 2 N–H and O–H groups in total. The van der Waals surface area contributed by atoms with Crippen molar-refractivity contribution in [3.8, 4) is 0 Å². The van der Waals surface area contributed by atoms with Crippen LogP contribution in [0.15, 0.2) is 6.20 Å². The highest BCUT2D eigenvalue weighted by atomic mass is 32.1. The van der Waals surface area contributed by atoms with Crippen molar-refractivity contribution in [1.82, 2.24) is 10.3 Å². The molecule has 0 saturated heterocycles.